The quantitative estimate of drug-likeness (QED) is 0.704. The topological polar surface area (TPSA) is 9.23 Å². The first-order valence-corrected chi connectivity index (χ1v) is 7.56. The van der Waals surface area contributed by atoms with Crippen molar-refractivity contribution in [2.24, 2.45) is 5.92 Å². The number of hydrogen-bond acceptors (Lipinski definition) is 1. The highest BCUT2D eigenvalue weighted by Gasteiger charge is 2.12. The molecule has 0 unspecified atom stereocenters. The molecule has 1 aliphatic carbocycles. The lowest BCUT2D eigenvalue weighted by molar-refractivity contribution is 0.0801. The van der Waals surface area contributed by atoms with Gasteiger partial charge in [-0.25, -0.2) is 4.39 Å². The Kier molecular flexibility index (Phi) is 5.64. The van der Waals surface area contributed by atoms with Gasteiger partial charge in [-0.05, 0) is 30.9 Å². The molecule has 0 spiro atoms. The maximum Gasteiger partial charge on any atom is 0.129 e. The molecule has 1 saturated carbocycles. The van der Waals surface area contributed by atoms with Crippen LogP contribution in [-0.2, 0) is 11.3 Å². The van der Waals surface area contributed by atoms with Crippen LogP contribution in [0.2, 0.25) is 0 Å². The summed E-state index contributed by atoms with van der Waals surface area (Å²) < 4.78 is 20.0. The molecule has 0 aromatic heterocycles. The summed E-state index contributed by atoms with van der Waals surface area (Å²) in [4.78, 5) is 0. The van der Waals surface area contributed by atoms with Gasteiger partial charge in [0, 0.05) is 16.6 Å². The van der Waals surface area contributed by atoms with Gasteiger partial charge < -0.3 is 4.74 Å². The van der Waals surface area contributed by atoms with Crippen LogP contribution in [0.4, 0.5) is 4.39 Å². The van der Waals surface area contributed by atoms with E-state index in [0.717, 1.165) is 11.1 Å². The molecular weight excluding hydrogens is 295 g/mol. The first-order chi connectivity index (χ1) is 8.75. The molecule has 2 rings (SSSR count). The van der Waals surface area contributed by atoms with Gasteiger partial charge in [-0.15, -0.1) is 0 Å². The molecule has 0 N–H and O–H groups in total. The first kappa shape index (κ1) is 14.0. The summed E-state index contributed by atoms with van der Waals surface area (Å²) in [6.45, 7) is 1.16. The average Bonchev–Trinajstić information content (AvgIpc) is 2.60. The fourth-order valence-corrected chi connectivity index (χ4v) is 2.84. The smallest absolute Gasteiger partial charge is 0.129 e. The van der Waals surface area contributed by atoms with Crippen LogP contribution in [0.15, 0.2) is 22.7 Å². The molecule has 100 valence electrons. The summed E-state index contributed by atoms with van der Waals surface area (Å²) in [6, 6.07) is 5.13. The van der Waals surface area contributed by atoms with Crippen LogP contribution in [0, 0.1) is 11.7 Å². The third kappa shape index (κ3) is 4.36. The zero-order valence-corrected chi connectivity index (χ0v) is 12.2. The maximum absolute atomic E-state index is 13.6. The van der Waals surface area contributed by atoms with E-state index in [1.165, 1.54) is 44.6 Å². The van der Waals surface area contributed by atoms with Gasteiger partial charge in [0.05, 0.1) is 6.61 Å². The van der Waals surface area contributed by atoms with Gasteiger partial charge >= 0.3 is 0 Å². The molecule has 0 bridgehead atoms. The van der Waals surface area contributed by atoms with Crippen molar-refractivity contribution < 1.29 is 9.13 Å². The maximum atomic E-state index is 13.6. The molecule has 1 aliphatic rings. The minimum absolute atomic E-state index is 0.190. The van der Waals surface area contributed by atoms with Crippen LogP contribution >= 0.6 is 15.9 Å². The Labute approximate surface area is 117 Å². The monoisotopic (exact) mass is 314 g/mol. The van der Waals surface area contributed by atoms with Crippen LogP contribution in [0.1, 0.15) is 44.1 Å². The van der Waals surface area contributed by atoms with E-state index in [2.05, 4.69) is 15.9 Å². The molecule has 0 radical (unpaired) electrons. The van der Waals surface area contributed by atoms with Gasteiger partial charge in [0.25, 0.3) is 0 Å². The van der Waals surface area contributed by atoms with Crippen molar-refractivity contribution >= 4 is 15.9 Å². The lowest BCUT2D eigenvalue weighted by Crippen LogP contribution is -2.09. The van der Waals surface area contributed by atoms with E-state index in [4.69, 9.17) is 4.74 Å². The van der Waals surface area contributed by atoms with E-state index in [-0.39, 0.29) is 5.82 Å². The Balaban J connectivity index is 1.77. The van der Waals surface area contributed by atoms with Gasteiger partial charge in [-0.2, -0.15) is 0 Å². The number of hydrogen-bond donors (Lipinski definition) is 0. The van der Waals surface area contributed by atoms with Crippen LogP contribution in [0.5, 0.6) is 0 Å². The van der Waals surface area contributed by atoms with Crippen molar-refractivity contribution in [1.82, 2.24) is 0 Å². The highest BCUT2D eigenvalue weighted by molar-refractivity contribution is 9.10. The molecule has 1 fully saturated rings. The van der Waals surface area contributed by atoms with Crippen molar-refractivity contribution in [3.05, 3.63) is 34.1 Å². The molecule has 0 saturated heterocycles. The first-order valence-electron chi connectivity index (χ1n) is 6.77. The van der Waals surface area contributed by atoms with Crippen molar-refractivity contribution in [2.75, 3.05) is 6.61 Å². The zero-order valence-electron chi connectivity index (χ0n) is 10.6. The Morgan fingerprint density at radius 1 is 1.17 bits per heavy atom. The van der Waals surface area contributed by atoms with Crippen molar-refractivity contribution in [3.8, 4) is 0 Å². The van der Waals surface area contributed by atoms with E-state index in [0.29, 0.717) is 18.1 Å². The number of ether oxygens (including phenoxy) is 1. The minimum atomic E-state index is -0.190. The van der Waals surface area contributed by atoms with Gasteiger partial charge in [0.2, 0.25) is 0 Å². The Morgan fingerprint density at radius 3 is 2.56 bits per heavy atom. The predicted octanol–water partition coefficient (Wildman–Crippen LogP) is 5.08. The Hall–Kier alpha value is -0.410. The average molecular weight is 315 g/mol. The Morgan fingerprint density at radius 2 is 1.89 bits per heavy atom. The van der Waals surface area contributed by atoms with Crippen LogP contribution in [-0.4, -0.2) is 6.61 Å². The van der Waals surface area contributed by atoms with E-state index in [1.807, 2.05) is 6.07 Å². The summed E-state index contributed by atoms with van der Waals surface area (Å²) in [5.74, 6) is 0.483. The Bertz CT molecular complexity index is 373. The van der Waals surface area contributed by atoms with Gasteiger partial charge in [-0.1, -0.05) is 47.7 Å². The largest absolute Gasteiger partial charge is 0.376 e. The molecular formula is C15H20BrFO. The van der Waals surface area contributed by atoms with E-state index in [9.17, 15) is 4.39 Å². The number of halogens is 2. The standard InChI is InChI=1S/C15H20BrFO/c16-14-8-7-13(15(17)9-14)11-18-10-12-5-3-1-2-4-6-12/h7-9,12H,1-6,10-11H2. The SMILES string of the molecule is Fc1cc(Br)ccc1COCC1CCCCCC1. The summed E-state index contributed by atoms with van der Waals surface area (Å²) in [5.41, 5.74) is 0.645. The summed E-state index contributed by atoms with van der Waals surface area (Å²) in [5, 5.41) is 0. The molecule has 18 heavy (non-hydrogen) atoms. The summed E-state index contributed by atoms with van der Waals surface area (Å²) in [7, 11) is 0. The second kappa shape index (κ2) is 7.25. The minimum Gasteiger partial charge on any atom is -0.376 e. The van der Waals surface area contributed by atoms with Crippen molar-refractivity contribution in [2.45, 2.75) is 45.1 Å². The molecule has 0 aliphatic heterocycles. The van der Waals surface area contributed by atoms with Gasteiger partial charge in [-0.3, -0.25) is 0 Å². The summed E-state index contributed by atoms with van der Waals surface area (Å²) >= 11 is 3.25. The van der Waals surface area contributed by atoms with Crippen LogP contribution in [0.25, 0.3) is 0 Å². The highest BCUT2D eigenvalue weighted by atomic mass is 79.9. The summed E-state index contributed by atoms with van der Waals surface area (Å²) in [6.07, 6.45) is 7.89. The second-order valence-electron chi connectivity index (χ2n) is 5.11. The fourth-order valence-electron chi connectivity index (χ4n) is 2.50. The van der Waals surface area contributed by atoms with Gasteiger partial charge in [0.15, 0.2) is 0 Å². The van der Waals surface area contributed by atoms with Crippen molar-refractivity contribution in [3.63, 3.8) is 0 Å². The highest BCUT2D eigenvalue weighted by Crippen LogP contribution is 2.23. The van der Waals surface area contributed by atoms with E-state index < -0.39 is 0 Å². The molecule has 3 heteroatoms. The van der Waals surface area contributed by atoms with E-state index >= 15 is 0 Å². The molecule has 0 heterocycles. The molecule has 0 amide bonds. The lowest BCUT2D eigenvalue weighted by atomic mass is 10.0. The molecule has 1 aromatic carbocycles. The fraction of sp³-hybridized carbons (Fsp3) is 0.600. The van der Waals surface area contributed by atoms with Gasteiger partial charge in [0.1, 0.15) is 5.82 Å². The number of rotatable bonds is 4. The van der Waals surface area contributed by atoms with E-state index in [1.54, 1.807) is 6.07 Å². The molecule has 0 atom stereocenters. The second-order valence-corrected chi connectivity index (χ2v) is 6.02. The third-order valence-corrected chi connectivity index (χ3v) is 4.09. The third-order valence-electron chi connectivity index (χ3n) is 3.60. The number of benzene rings is 1. The predicted molar refractivity (Wildman–Crippen MR) is 74.9 cm³/mol. The van der Waals surface area contributed by atoms with Crippen molar-refractivity contribution in [1.29, 1.82) is 0 Å². The zero-order chi connectivity index (χ0) is 12.8. The normalized spacial score (nSPS) is 17.7. The molecule has 1 aromatic rings. The lowest BCUT2D eigenvalue weighted by Gasteiger charge is -2.14. The van der Waals surface area contributed by atoms with Crippen LogP contribution < -0.4 is 0 Å². The van der Waals surface area contributed by atoms with Crippen LogP contribution in [0.3, 0.4) is 0 Å². The molecule has 1 nitrogen and oxygen atoms in total.